The molecule has 1 aromatic rings. The van der Waals surface area contributed by atoms with Crippen LogP contribution in [0.25, 0.3) is 0 Å². The highest BCUT2D eigenvalue weighted by Crippen LogP contribution is 2.22. The highest BCUT2D eigenvalue weighted by atomic mass is 16.2. The first-order valence-corrected chi connectivity index (χ1v) is 7.65. The number of carbonyl (C=O) groups is 1. The number of hydrogen-bond donors (Lipinski definition) is 2. The highest BCUT2D eigenvalue weighted by molar-refractivity contribution is 5.74. The Morgan fingerprint density at radius 2 is 2.29 bits per heavy atom. The predicted molar refractivity (Wildman–Crippen MR) is 80.9 cm³/mol. The summed E-state index contributed by atoms with van der Waals surface area (Å²) < 4.78 is 0. The average molecular weight is 292 g/mol. The van der Waals surface area contributed by atoms with E-state index in [4.69, 9.17) is 0 Å². The molecule has 1 saturated heterocycles. The molecular weight excluding hydrogens is 268 g/mol. The summed E-state index contributed by atoms with van der Waals surface area (Å²) in [6, 6.07) is 3.34. The SMILES string of the molecule is CC(C)CC1CCCCN1C(=O)NCc1ccc(=O)[nH]n1. The van der Waals surface area contributed by atoms with Crippen LogP contribution >= 0.6 is 0 Å². The summed E-state index contributed by atoms with van der Waals surface area (Å²) in [5.74, 6) is 0.587. The predicted octanol–water partition coefficient (Wildman–Crippen LogP) is 1.88. The number of H-pyrrole nitrogens is 1. The van der Waals surface area contributed by atoms with Gasteiger partial charge in [0.25, 0.3) is 5.56 Å². The Morgan fingerprint density at radius 1 is 1.48 bits per heavy atom. The van der Waals surface area contributed by atoms with Crippen LogP contribution in [0, 0.1) is 5.92 Å². The molecule has 0 spiro atoms. The van der Waals surface area contributed by atoms with Gasteiger partial charge in [0.1, 0.15) is 0 Å². The van der Waals surface area contributed by atoms with E-state index < -0.39 is 0 Å². The van der Waals surface area contributed by atoms with Crippen LogP contribution in [0.3, 0.4) is 0 Å². The summed E-state index contributed by atoms with van der Waals surface area (Å²) in [7, 11) is 0. The van der Waals surface area contributed by atoms with E-state index in [1.165, 1.54) is 12.5 Å². The van der Waals surface area contributed by atoms with Crippen LogP contribution in [0.15, 0.2) is 16.9 Å². The monoisotopic (exact) mass is 292 g/mol. The third kappa shape index (κ3) is 4.58. The van der Waals surface area contributed by atoms with Gasteiger partial charge in [0.2, 0.25) is 0 Å². The second-order valence-electron chi connectivity index (χ2n) is 6.04. The molecule has 1 unspecified atom stereocenters. The molecule has 6 nitrogen and oxygen atoms in total. The maximum absolute atomic E-state index is 12.3. The zero-order chi connectivity index (χ0) is 15.2. The summed E-state index contributed by atoms with van der Waals surface area (Å²) in [5.41, 5.74) is 0.415. The zero-order valence-corrected chi connectivity index (χ0v) is 12.8. The third-order valence-corrected chi connectivity index (χ3v) is 3.79. The fourth-order valence-corrected chi connectivity index (χ4v) is 2.80. The Morgan fingerprint density at radius 3 is 2.95 bits per heavy atom. The molecule has 1 aliphatic heterocycles. The lowest BCUT2D eigenvalue weighted by molar-refractivity contribution is 0.139. The topological polar surface area (TPSA) is 78.1 Å². The lowest BCUT2D eigenvalue weighted by Crippen LogP contribution is -2.49. The van der Waals surface area contributed by atoms with Gasteiger partial charge in [-0.1, -0.05) is 13.8 Å². The molecule has 2 rings (SSSR count). The number of urea groups is 1. The van der Waals surface area contributed by atoms with Crippen LogP contribution < -0.4 is 10.9 Å². The van der Waals surface area contributed by atoms with Gasteiger partial charge in [-0.15, -0.1) is 0 Å². The molecule has 6 heteroatoms. The van der Waals surface area contributed by atoms with Crippen molar-refractivity contribution in [1.82, 2.24) is 20.4 Å². The fraction of sp³-hybridized carbons (Fsp3) is 0.667. The van der Waals surface area contributed by atoms with Gasteiger partial charge in [0.05, 0.1) is 12.2 Å². The van der Waals surface area contributed by atoms with E-state index in [9.17, 15) is 9.59 Å². The summed E-state index contributed by atoms with van der Waals surface area (Å²) >= 11 is 0. The zero-order valence-electron chi connectivity index (χ0n) is 12.8. The smallest absolute Gasteiger partial charge is 0.317 e. The minimum Gasteiger partial charge on any atom is -0.332 e. The van der Waals surface area contributed by atoms with Gasteiger partial charge in [-0.25, -0.2) is 9.89 Å². The standard InChI is InChI=1S/C15H24N4O2/c1-11(2)9-13-5-3-4-8-19(13)15(21)16-10-12-6-7-14(20)18-17-12/h6-7,11,13H,3-5,8-10H2,1-2H3,(H,16,21)(H,18,20). The van der Waals surface area contributed by atoms with Gasteiger partial charge in [-0.05, 0) is 37.7 Å². The second-order valence-corrected chi connectivity index (χ2v) is 6.04. The van der Waals surface area contributed by atoms with Crippen molar-refractivity contribution < 1.29 is 4.79 Å². The number of carbonyl (C=O) groups excluding carboxylic acids is 1. The van der Waals surface area contributed by atoms with Gasteiger partial charge < -0.3 is 10.2 Å². The van der Waals surface area contributed by atoms with Crippen molar-refractivity contribution in [2.45, 2.75) is 52.1 Å². The van der Waals surface area contributed by atoms with Crippen LogP contribution in [0.4, 0.5) is 4.79 Å². The van der Waals surface area contributed by atoms with Crippen molar-refractivity contribution in [3.63, 3.8) is 0 Å². The molecule has 2 amide bonds. The summed E-state index contributed by atoms with van der Waals surface area (Å²) in [6.45, 7) is 5.53. The van der Waals surface area contributed by atoms with Crippen molar-refractivity contribution in [3.05, 3.63) is 28.2 Å². The normalized spacial score (nSPS) is 18.8. The number of likely N-dealkylation sites (tertiary alicyclic amines) is 1. The Labute approximate surface area is 124 Å². The van der Waals surface area contributed by atoms with E-state index in [0.29, 0.717) is 24.2 Å². The number of aromatic nitrogens is 2. The van der Waals surface area contributed by atoms with Gasteiger partial charge in [-0.2, -0.15) is 5.10 Å². The van der Waals surface area contributed by atoms with Crippen molar-refractivity contribution in [1.29, 1.82) is 0 Å². The Balaban J connectivity index is 1.91. The first-order chi connectivity index (χ1) is 10.1. The number of rotatable bonds is 4. The maximum Gasteiger partial charge on any atom is 0.317 e. The van der Waals surface area contributed by atoms with Gasteiger partial charge in [0.15, 0.2) is 0 Å². The molecule has 0 saturated carbocycles. The molecule has 1 fully saturated rings. The van der Waals surface area contributed by atoms with E-state index in [0.717, 1.165) is 25.8 Å². The van der Waals surface area contributed by atoms with Crippen molar-refractivity contribution in [2.24, 2.45) is 5.92 Å². The summed E-state index contributed by atoms with van der Waals surface area (Å²) in [5, 5.41) is 9.15. The molecule has 1 atom stereocenters. The minimum atomic E-state index is -0.238. The number of hydrogen-bond acceptors (Lipinski definition) is 3. The maximum atomic E-state index is 12.3. The minimum absolute atomic E-state index is 0.0339. The molecule has 21 heavy (non-hydrogen) atoms. The molecule has 0 aromatic carbocycles. The van der Waals surface area contributed by atoms with Gasteiger partial charge in [0, 0.05) is 18.7 Å². The van der Waals surface area contributed by atoms with Crippen LogP contribution in [0.1, 0.15) is 45.2 Å². The summed E-state index contributed by atoms with van der Waals surface area (Å²) in [4.78, 5) is 25.2. The molecule has 1 aromatic heterocycles. The van der Waals surface area contributed by atoms with Crippen LogP contribution in [-0.2, 0) is 6.54 Å². The molecule has 2 N–H and O–H groups in total. The molecule has 2 heterocycles. The highest BCUT2D eigenvalue weighted by Gasteiger charge is 2.26. The van der Waals surface area contributed by atoms with E-state index >= 15 is 0 Å². The third-order valence-electron chi connectivity index (χ3n) is 3.79. The first-order valence-electron chi connectivity index (χ1n) is 7.65. The molecule has 0 radical (unpaired) electrons. The van der Waals surface area contributed by atoms with Crippen molar-refractivity contribution >= 4 is 6.03 Å². The fourth-order valence-electron chi connectivity index (χ4n) is 2.80. The quantitative estimate of drug-likeness (QED) is 0.889. The number of nitrogens with one attached hydrogen (secondary N) is 2. The Hall–Kier alpha value is -1.85. The van der Waals surface area contributed by atoms with Crippen LogP contribution in [0.5, 0.6) is 0 Å². The number of amides is 2. The molecule has 1 aliphatic rings. The Kier molecular flexibility index (Phi) is 5.36. The molecule has 116 valence electrons. The first kappa shape index (κ1) is 15.5. The largest absolute Gasteiger partial charge is 0.332 e. The van der Waals surface area contributed by atoms with Crippen LogP contribution in [0.2, 0.25) is 0 Å². The summed E-state index contributed by atoms with van der Waals surface area (Å²) in [6.07, 6.45) is 4.40. The number of piperidine rings is 1. The van der Waals surface area contributed by atoms with Gasteiger partial charge in [-0.3, -0.25) is 4.79 Å². The van der Waals surface area contributed by atoms with E-state index in [1.54, 1.807) is 6.07 Å². The lowest BCUT2D eigenvalue weighted by Gasteiger charge is -2.36. The second kappa shape index (κ2) is 7.24. The number of nitrogens with zero attached hydrogens (tertiary/aromatic N) is 2. The molecule has 0 aliphatic carbocycles. The van der Waals surface area contributed by atoms with Crippen molar-refractivity contribution in [2.75, 3.05) is 6.54 Å². The Bertz CT molecular complexity index is 506. The van der Waals surface area contributed by atoms with Gasteiger partial charge >= 0.3 is 6.03 Å². The van der Waals surface area contributed by atoms with E-state index in [1.807, 2.05) is 4.90 Å². The average Bonchev–Trinajstić information content (AvgIpc) is 2.46. The van der Waals surface area contributed by atoms with E-state index in [2.05, 4.69) is 29.4 Å². The van der Waals surface area contributed by atoms with Crippen LogP contribution in [-0.4, -0.2) is 33.7 Å². The van der Waals surface area contributed by atoms with E-state index in [-0.39, 0.29) is 11.6 Å². The lowest BCUT2D eigenvalue weighted by atomic mass is 9.94. The molecular formula is C15H24N4O2. The molecule has 0 bridgehead atoms. The van der Waals surface area contributed by atoms with Crippen molar-refractivity contribution in [3.8, 4) is 0 Å². The number of aromatic amines is 1.